The van der Waals surface area contributed by atoms with E-state index < -0.39 is 5.41 Å². The molecule has 21 heavy (non-hydrogen) atoms. The predicted molar refractivity (Wildman–Crippen MR) is 82.9 cm³/mol. The van der Waals surface area contributed by atoms with Crippen molar-refractivity contribution >= 4 is 22.4 Å². The van der Waals surface area contributed by atoms with Gasteiger partial charge < -0.3 is 0 Å². The zero-order valence-electron chi connectivity index (χ0n) is 12.4. The lowest BCUT2D eigenvalue weighted by Crippen LogP contribution is -2.53. The average molecular weight is 303 g/mol. The zero-order valence-corrected chi connectivity index (χ0v) is 13.2. The van der Waals surface area contributed by atoms with Gasteiger partial charge in [-0.05, 0) is 31.6 Å². The molecule has 1 aromatic rings. The van der Waals surface area contributed by atoms with Gasteiger partial charge in [-0.2, -0.15) is 5.26 Å². The molecule has 1 aromatic heterocycles. The standard InChI is InChI=1S/C16H21N3OS/c1-12-9-16(10-12,11-17)14(20)19(15-18-7-8-21-15)13-5-3-2-4-6-13/h7-8,12-13H,2-6,9-10H2,1H3. The minimum Gasteiger partial charge on any atom is -0.284 e. The number of nitriles is 1. The number of thiazole rings is 1. The van der Waals surface area contributed by atoms with Crippen LogP contribution in [0.15, 0.2) is 11.6 Å². The number of amides is 1. The van der Waals surface area contributed by atoms with E-state index in [2.05, 4.69) is 18.0 Å². The summed E-state index contributed by atoms with van der Waals surface area (Å²) in [4.78, 5) is 19.3. The van der Waals surface area contributed by atoms with Gasteiger partial charge in [0.05, 0.1) is 6.07 Å². The van der Waals surface area contributed by atoms with Crippen molar-refractivity contribution in [1.29, 1.82) is 5.26 Å². The van der Waals surface area contributed by atoms with Crippen molar-refractivity contribution in [3.05, 3.63) is 11.6 Å². The van der Waals surface area contributed by atoms with E-state index >= 15 is 0 Å². The van der Waals surface area contributed by atoms with Crippen molar-refractivity contribution in [3.8, 4) is 6.07 Å². The molecule has 0 unspecified atom stereocenters. The third kappa shape index (κ3) is 2.57. The van der Waals surface area contributed by atoms with E-state index in [9.17, 15) is 10.1 Å². The molecule has 0 radical (unpaired) electrons. The number of hydrogen-bond donors (Lipinski definition) is 0. The van der Waals surface area contributed by atoms with Gasteiger partial charge in [0.1, 0.15) is 5.41 Å². The fourth-order valence-electron chi connectivity index (χ4n) is 3.76. The van der Waals surface area contributed by atoms with E-state index in [-0.39, 0.29) is 11.9 Å². The van der Waals surface area contributed by atoms with Gasteiger partial charge in [0.25, 0.3) is 0 Å². The van der Waals surface area contributed by atoms with Crippen molar-refractivity contribution in [2.45, 2.75) is 57.9 Å². The van der Waals surface area contributed by atoms with Gasteiger partial charge in [0, 0.05) is 17.6 Å². The Morgan fingerprint density at radius 2 is 2.14 bits per heavy atom. The predicted octanol–water partition coefficient (Wildman–Crippen LogP) is 3.75. The second-order valence-corrected chi connectivity index (χ2v) is 7.36. The molecule has 2 aliphatic rings. The number of aromatic nitrogens is 1. The monoisotopic (exact) mass is 303 g/mol. The first kappa shape index (κ1) is 14.5. The van der Waals surface area contributed by atoms with Crippen LogP contribution in [0.4, 0.5) is 5.13 Å². The van der Waals surface area contributed by atoms with Gasteiger partial charge in [-0.15, -0.1) is 11.3 Å². The molecule has 2 saturated carbocycles. The number of carbonyl (C=O) groups is 1. The van der Waals surface area contributed by atoms with Crippen LogP contribution >= 0.6 is 11.3 Å². The maximum atomic E-state index is 13.1. The summed E-state index contributed by atoms with van der Waals surface area (Å²) in [5.41, 5.74) is -0.803. The molecule has 112 valence electrons. The van der Waals surface area contributed by atoms with E-state index in [1.165, 1.54) is 17.8 Å². The minimum atomic E-state index is -0.803. The molecule has 0 N–H and O–H groups in total. The molecule has 0 atom stereocenters. The maximum absolute atomic E-state index is 13.1. The van der Waals surface area contributed by atoms with Crippen LogP contribution in [0.1, 0.15) is 51.9 Å². The number of carbonyl (C=O) groups excluding carboxylic acids is 1. The summed E-state index contributed by atoms with van der Waals surface area (Å²) in [6, 6.07) is 2.53. The van der Waals surface area contributed by atoms with Crippen LogP contribution in [-0.2, 0) is 4.79 Å². The summed E-state index contributed by atoms with van der Waals surface area (Å²) < 4.78 is 0. The first-order valence-electron chi connectivity index (χ1n) is 7.81. The van der Waals surface area contributed by atoms with Crippen LogP contribution in [0.2, 0.25) is 0 Å². The summed E-state index contributed by atoms with van der Waals surface area (Å²) in [6.07, 6.45) is 8.76. The van der Waals surface area contributed by atoms with Crippen molar-refractivity contribution in [3.63, 3.8) is 0 Å². The van der Waals surface area contributed by atoms with Crippen LogP contribution < -0.4 is 4.90 Å². The van der Waals surface area contributed by atoms with Crippen molar-refractivity contribution < 1.29 is 4.79 Å². The second kappa shape index (κ2) is 5.76. The molecule has 3 rings (SSSR count). The fraction of sp³-hybridized carbons (Fsp3) is 0.688. The highest BCUT2D eigenvalue weighted by Crippen LogP contribution is 2.47. The first-order chi connectivity index (χ1) is 10.2. The molecule has 1 heterocycles. The summed E-state index contributed by atoms with van der Waals surface area (Å²) >= 11 is 1.50. The third-order valence-electron chi connectivity index (χ3n) is 4.80. The van der Waals surface area contributed by atoms with Gasteiger partial charge in [-0.1, -0.05) is 26.2 Å². The minimum absolute atomic E-state index is 0.00931. The van der Waals surface area contributed by atoms with Gasteiger partial charge in [-0.3, -0.25) is 9.69 Å². The van der Waals surface area contributed by atoms with Crippen molar-refractivity contribution in [1.82, 2.24) is 4.98 Å². The number of anilines is 1. The molecule has 5 heteroatoms. The van der Waals surface area contributed by atoms with Crippen LogP contribution in [0, 0.1) is 22.7 Å². The van der Waals surface area contributed by atoms with Gasteiger partial charge in [0.15, 0.2) is 5.13 Å². The first-order valence-corrected chi connectivity index (χ1v) is 8.69. The van der Waals surface area contributed by atoms with Crippen LogP contribution in [0.5, 0.6) is 0 Å². The normalized spacial score (nSPS) is 29.4. The number of hydrogen-bond acceptors (Lipinski definition) is 4. The topological polar surface area (TPSA) is 57.0 Å². The van der Waals surface area contributed by atoms with Crippen molar-refractivity contribution in [2.24, 2.45) is 11.3 Å². The zero-order chi connectivity index (χ0) is 14.9. The van der Waals surface area contributed by atoms with E-state index in [1.807, 2.05) is 10.3 Å². The molecular formula is C16H21N3OS. The Bertz CT molecular complexity index is 536. The van der Waals surface area contributed by atoms with E-state index in [0.29, 0.717) is 18.8 Å². The Labute approximate surface area is 129 Å². The van der Waals surface area contributed by atoms with Crippen molar-refractivity contribution in [2.75, 3.05) is 4.90 Å². The van der Waals surface area contributed by atoms with Gasteiger partial charge in [0.2, 0.25) is 5.91 Å². The Balaban J connectivity index is 1.88. The number of nitrogens with zero attached hydrogens (tertiary/aromatic N) is 3. The molecular weight excluding hydrogens is 282 g/mol. The average Bonchev–Trinajstić information content (AvgIpc) is 2.99. The Morgan fingerprint density at radius 3 is 2.67 bits per heavy atom. The summed E-state index contributed by atoms with van der Waals surface area (Å²) in [6.45, 7) is 2.11. The highest BCUT2D eigenvalue weighted by molar-refractivity contribution is 7.13. The molecule has 0 bridgehead atoms. The molecule has 0 spiro atoms. The smallest absolute Gasteiger partial charge is 0.249 e. The molecule has 1 amide bonds. The van der Waals surface area contributed by atoms with Gasteiger partial charge >= 0.3 is 0 Å². The Kier molecular flexibility index (Phi) is 3.99. The quantitative estimate of drug-likeness (QED) is 0.854. The molecule has 2 aliphatic carbocycles. The summed E-state index contributed by atoms with van der Waals surface area (Å²) in [5, 5.41) is 12.2. The highest BCUT2D eigenvalue weighted by atomic mass is 32.1. The van der Waals surface area contributed by atoms with E-state index in [1.54, 1.807) is 6.20 Å². The van der Waals surface area contributed by atoms with E-state index in [0.717, 1.165) is 30.8 Å². The van der Waals surface area contributed by atoms with Crippen LogP contribution in [-0.4, -0.2) is 16.9 Å². The van der Waals surface area contributed by atoms with Crippen LogP contribution in [0.3, 0.4) is 0 Å². The van der Waals surface area contributed by atoms with Gasteiger partial charge in [-0.25, -0.2) is 4.98 Å². The Morgan fingerprint density at radius 1 is 1.43 bits per heavy atom. The molecule has 0 aliphatic heterocycles. The molecule has 0 aromatic carbocycles. The second-order valence-electron chi connectivity index (χ2n) is 6.49. The molecule has 2 fully saturated rings. The Hall–Kier alpha value is -1.41. The lowest BCUT2D eigenvalue weighted by atomic mass is 9.62. The SMILES string of the molecule is CC1CC(C#N)(C(=O)N(c2nccs2)C2CCCCC2)C1. The highest BCUT2D eigenvalue weighted by Gasteiger charge is 2.52. The lowest BCUT2D eigenvalue weighted by Gasteiger charge is -2.44. The van der Waals surface area contributed by atoms with Crippen LogP contribution in [0.25, 0.3) is 0 Å². The lowest BCUT2D eigenvalue weighted by molar-refractivity contribution is -0.131. The maximum Gasteiger partial charge on any atom is 0.249 e. The summed E-state index contributed by atoms with van der Waals surface area (Å²) in [7, 11) is 0. The fourth-order valence-corrected chi connectivity index (χ4v) is 4.47. The molecule has 0 saturated heterocycles. The summed E-state index contributed by atoms with van der Waals surface area (Å²) in [5.74, 6) is 0.461. The third-order valence-corrected chi connectivity index (χ3v) is 5.57. The largest absolute Gasteiger partial charge is 0.284 e. The van der Waals surface area contributed by atoms with E-state index in [4.69, 9.17) is 0 Å². The number of rotatable bonds is 3. The molecule has 4 nitrogen and oxygen atoms in total.